The molecule has 12 atom stereocenters. The number of nitrogens with one attached hydrogen (secondary N) is 1. The lowest BCUT2D eigenvalue weighted by Crippen LogP contribution is -2.65. The smallest absolute Gasteiger partial charge is 0.220 e. The van der Waals surface area contributed by atoms with Crippen LogP contribution < -0.4 is 5.32 Å². The monoisotopic (exact) mass is 972 g/mol. The Morgan fingerprint density at radius 1 is 0.515 bits per heavy atom. The summed E-state index contributed by atoms with van der Waals surface area (Å²) >= 11 is 0. The van der Waals surface area contributed by atoms with Crippen LogP contribution in [0.15, 0.2) is 24.3 Å². The largest absolute Gasteiger partial charge is 0.394 e. The number of aliphatic hydroxyl groups excluding tert-OH is 8. The van der Waals surface area contributed by atoms with Gasteiger partial charge in [0, 0.05) is 6.42 Å². The Morgan fingerprint density at radius 2 is 0.926 bits per heavy atom. The summed E-state index contributed by atoms with van der Waals surface area (Å²) in [6.45, 7) is 2.67. The first-order chi connectivity index (χ1) is 33.1. The van der Waals surface area contributed by atoms with Gasteiger partial charge in [0.1, 0.15) is 48.8 Å². The van der Waals surface area contributed by atoms with E-state index in [9.17, 15) is 45.6 Å². The molecule has 0 spiro atoms. The SMILES string of the molecule is CCCCC/C=C/C(O)C(COC1OC(CO)C(OC2OC(CO)C(O)C(O)C2O)C(O)C1O)NC(=O)CCCCCCCCCCCCCCCCCCC/C=C\CCCCCCCCCC. The van der Waals surface area contributed by atoms with Crippen molar-refractivity contribution in [1.82, 2.24) is 5.32 Å². The minimum Gasteiger partial charge on any atom is -0.394 e. The van der Waals surface area contributed by atoms with Gasteiger partial charge in [-0.15, -0.1) is 0 Å². The van der Waals surface area contributed by atoms with E-state index in [1.54, 1.807) is 6.08 Å². The Bertz CT molecular complexity index is 1240. The molecule has 2 rings (SSSR count). The average Bonchev–Trinajstić information content (AvgIpc) is 3.34. The van der Waals surface area contributed by atoms with Crippen molar-refractivity contribution in [2.45, 2.75) is 293 Å². The summed E-state index contributed by atoms with van der Waals surface area (Å²) in [6, 6.07) is -0.907. The van der Waals surface area contributed by atoms with Crippen LogP contribution in [-0.2, 0) is 23.7 Å². The second-order valence-corrected chi connectivity index (χ2v) is 19.7. The van der Waals surface area contributed by atoms with Crippen LogP contribution in [0.1, 0.15) is 219 Å². The van der Waals surface area contributed by atoms with Gasteiger partial charge >= 0.3 is 0 Å². The standard InChI is InChI=1S/C54H101NO13/c1-3-5-7-9-10-11-12-13-14-15-16-17-18-19-20-21-22-23-24-25-26-27-28-29-30-31-32-34-36-38-46(59)55-42(43(58)37-35-33-8-6-4-2)41-65-53-51(64)49(62)52(45(40-57)67-53)68-54-50(63)48(61)47(60)44(39-56)66-54/h15-16,35,37,42-45,47-54,56-58,60-64H,3-14,17-34,36,38-41H2,1-2H3,(H,55,59)/b16-15-,37-35+. The molecule has 0 saturated carbocycles. The summed E-state index contributed by atoms with van der Waals surface area (Å²) in [5, 5.41) is 86.2. The normalized spacial score (nSPS) is 26.5. The van der Waals surface area contributed by atoms with Crippen molar-refractivity contribution < 1.29 is 64.6 Å². The number of carbonyl (C=O) groups is 1. The number of ether oxygens (including phenoxy) is 4. The minimum atomic E-state index is -1.78. The van der Waals surface area contributed by atoms with Gasteiger partial charge in [0.05, 0.1) is 32.0 Å². The molecule has 0 aromatic carbocycles. The highest BCUT2D eigenvalue weighted by Gasteiger charge is 2.51. The first-order valence-electron chi connectivity index (χ1n) is 27.6. The predicted octanol–water partition coefficient (Wildman–Crippen LogP) is 8.11. The van der Waals surface area contributed by atoms with Gasteiger partial charge in [-0.2, -0.15) is 0 Å². The summed E-state index contributed by atoms with van der Waals surface area (Å²) in [5.74, 6) is -0.244. The molecule has 68 heavy (non-hydrogen) atoms. The maximum Gasteiger partial charge on any atom is 0.220 e. The zero-order valence-corrected chi connectivity index (χ0v) is 42.6. The highest BCUT2D eigenvalue weighted by atomic mass is 16.7. The topological polar surface area (TPSA) is 228 Å². The lowest BCUT2D eigenvalue weighted by atomic mass is 9.97. The number of amides is 1. The molecule has 0 aromatic heterocycles. The zero-order valence-electron chi connectivity index (χ0n) is 42.6. The molecule has 0 aliphatic carbocycles. The van der Waals surface area contributed by atoms with E-state index in [1.165, 1.54) is 148 Å². The molecule has 9 N–H and O–H groups in total. The van der Waals surface area contributed by atoms with E-state index in [2.05, 4.69) is 31.3 Å². The third kappa shape index (κ3) is 27.3. The molecule has 14 nitrogen and oxygen atoms in total. The summed E-state index contributed by atoms with van der Waals surface area (Å²) in [5.41, 5.74) is 0. The lowest BCUT2D eigenvalue weighted by molar-refractivity contribution is -0.359. The number of hydrogen-bond donors (Lipinski definition) is 9. The molecule has 1 amide bonds. The van der Waals surface area contributed by atoms with Gasteiger partial charge in [-0.05, 0) is 44.9 Å². The van der Waals surface area contributed by atoms with Crippen LogP contribution in [0.3, 0.4) is 0 Å². The number of unbranched alkanes of at least 4 members (excludes halogenated alkanes) is 28. The number of aliphatic hydroxyl groups is 8. The molecule has 400 valence electrons. The first-order valence-corrected chi connectivity index (χ1v) is 27.6. The van der Waals surface area contributed by atoms with Gasteiger partial charge in [-0.3, -0.25) is 4.79 Å². The van der Waals surface area contributed by atoms with Crippen molar-refractivity contribution in [3.63, 3.8) is 0 Å². The van der Waals surface area contributed by atoms with Crippen molar-refractivity contribution in [2.75, 3.05) is 19.8 Å². The van der Waals surface area contributed by atoms with Gasteiger partial charge in [-0.25, -0.2) is 0 Å². The predicted molar refractivity (Wildman–Crippen MR) is 268 cm³/mol. The maximum atomic E-state index is 13.1. The molecule has 12 unspecified atom stereocenters. The second-order valence-electron chi connectivity index (χ2n) is 19.7. The summed E-state index contributed by atoms with van der Waals surface area (Å²) in [4.78, 5) is 13.1. The van der Waals surface area contributed by atoms with Crippen molar-refractivity contribution in [1.29, 1.82) is 0 Å². The molecule has 2 fully saturated rings. The Hall–Kier alpha value is -1.53. The fourth-order valence-corrected chi connectivity index (χ4v) is 9.11. The van der Waals surface area contributed by atoms with E-state index >= 15 is 0 Å². The number of rotatable bonds is 43. The third-order valence-corrected chi connectivity index (χ3v) is 13.6. The molecule has 0 bridgehead atoms. The van der Waals surface area contributed by atoms with E-state index in [1.807, 2.05) is 6.08 Å². The highest BCUT2D eigenvalue weighted by Crippen LogP contribution is 2.30. The Kier molecular flexibility index (Phi) is 37.7. The van der Waals surface area contributed by atoms with Gasteiger partial charge < -0.3 is 65.1 Å². The Morgan fingerprint density at radius 3 is 1.43 bits per heavy atom. The zero-order chi connectivity index (χ0) is 49.6. The van der Waals surface area contributed by atoms with E-state index in [0.717, 1.165) is 44.9 Å². The molecule has 2 saturated heterocycles. The minimum absolute atomic E-state index is 0.244. The van der Waals surface area contributed by atoms with Crippen LogP contribution in [0.25, 0.3) is 0 Å². The maximum absolute atomic E-state index is 13.1. The fraction of sp³-hybridized carbons (Fsp3) is 0.907. The molecule has 2 heterocycles. The second kappa shape index (κ2) is 41.0. The molecule has 0 aromatic rings. The Labute approximate surface area is 411 Å². The highest BCUT2D eigenvalue weighted by molar-refractivity contribution is 5.76. The Balaban J connectivity index is 1.58. The summed E-state index contributed by atoms with van der Waals surface area (Å²) < 4.78 is 22.6. The van der Waals surface area contributed by atoms with Gasteiger partial charge in [0.2, 0.25) is 5.91 Å². The van der Waals surface area contributed by atoms with Crippen LogP contribution in [-0.4, -0.2) is 140 Å². The van der Waals surface area contributed by atoms with Gasteiger partial charge in [0.15, 0.2) is 12.6 Å². The van der Waals surface area contributed by atoms with Crippen molar-refractivity contribution in [3.05, 3.63) is 24.3 Å². The van der Waals surface area contributed by atoms with E-state index in [4.69, 9.17) is 18.9 Å². The molecule has 14 heteroatoms. The van der Waals surface area contributed by atoms with Crippen molar-refractivity contribution in [2.24, 2.45) is 0 Å². The van der Waals surface area contributed by atoms with Crippen molar-refractivity contribution in [3.8, 4) is 0 Å². The van der Waals surface area contributed by atoms with Crippen LogP contribution in [0, 0.1) is 0 Å². The summed E-state index contributed by atoms with van der Waals surface area (Å²) in [6.07, 6.45) is 30.3. The van der Waals surface area contributed by atoms with Crippen molar-refractivity contribution >= 4 is 5.91 Å². The van der Waals surface area contributed by atoms with E-state index in [-0.39, 0.29) is 18.9 Å². The summed E-state index contributed by atoms with van der Waals surface area (Å²) in [7, 11) is 0. The quantitative estimate of drug-likeness (QED) is 0.0208. The number of allylic oxidation sites excluding steroid dienone is 3. The molecular weight excluding hydrogens is 871 g/mol. The fourth-order valence-electron chi connectivity index (χ4n) is 9.11. The van der Waals surface area contributed by atoms with Gasteiger partial charge in [0.25, 0.3) is 0 Å². The molecule has 2 aliphatic heterocycles. The van der Waals surface area contributed by atoms with Gasteiger partial charge in [-0.1, -0.05) is 192 Å². The van der Waals surface area contributed by atoms with E-state index < -0.39 is 86.8 Å². The molecule has 2 aliphatic rings. The number of hydrogen-bond acceptors (Lipinski definition) is 13. The molecule has 0 radical (unpaired) electrons. The molecular formula is C54H101NO13. The average molecular weight is 972 g/mol. The van der Waals surface area contributed by atoms with Crippen LogP contribution in [0.5, 0.6) is 0 Å². The first kappa shape index (κ1) is 62.6. The third-order valence-electron chi connectivity index (χ3n) is 13.6. The number of carbonyl (C=O) groups excluding carboxylic acids is 1. The lowest BCUT2D eigenvalue weighted by Gasteiger charge is -2.46. The van der Waals surface area contributed by atoms with Crippen LogP contribution in [0.2, 0.25) is 0 Å². The van der Waals surface area contributed by atoms with Crippen LogP contribution in [0.4, 0.5) is 0 Å². The van der Waals surface area contributed by atoms with E-state index in [0.29, 0.717) is 6.42 Å². The van der Waals surface area contributed by atoms with Crippen LogP contribution >= 0.6 is 0 Å².